The maximum atomic E-state index is 11.8. The van der Waals surface area contributed by atoms with Gasteiger partial charge in [0, 0.05) is 12.1 Å². The van der Waals surface area contributed by atoms with Gasteiger partial charge in [-0.3, -0.25) is 4.79 Å². The van der Waals surface area contributed by atoms with Gasteiger partial charge in [-0.05, 0) is 32.1 Å². The van der Waals surface area contributed by atoms with E-state index in [-0.39, 0.29) is 0 Å². The lowest BCUT2D eigenvalue weighted by Crippen LogP contribution is -2.03. The van der Waals surface area contributed by atoms with Crippen molar-refractivity contribution >= 4 is 11.8 Å². The van der Waals surface area contributed by atoms with Crippen LogP contribution in [0.25, 0.3) is 0 Å². The summed E-state index contributed by atoms with van der Waals surface area (Å²) >= 11 is 0. The smallest absolute Gasteiger partial charge is 0.328 e. The molecule has 5 heteroatoms. The molecule has 1 aromatic carbocycles. The summed E-state index contributed by atoms with van der Waals surface area (Å²) < 4.78 is 10.7. The number of benzene rings is 1. The Morgan fingerprint density at radius 2 is 1.84 bits per heavy atom. The number of carboxylic acids is 1. The van der Waals surface area contributed by atoms with Gasteiger partial charge in [0.1, 0.15) is 11.5 Å². The van der Waals surface area contributed by atoms with Crippen molar-refractivity contribution in [2.24, 2.45) is 0 Å². The number of allylic oxidation sites excluding steroid dienone is 1. The van der Waals surface area contributed by atoms with E-state index in [9.17, 15) is 9.59 Å². The van der Waals surface area contributed by atoms with Crippen molar-refractivity contribution in [3.63, 3.8) is 0 Å². The summed E-state index contributed by atoms with van der Waals surface area (Å²) in [5, 5.41) is 8.51. The second kappa shape index (κ2) is 7.20. The maximum absolute atomic E-state index is 11.8. The molecule has 0 saturated carbocycles. The number of carboxylic acid groups (broad SMARTS) is 1. The molecule has 0 saturated heterocycles. The molecule has 1 rings (SSSR count). The molecule has 0 atom stereocenters. The predicted octanol–water partition coefficient (Wildman–Crippen LogP) is 2.31. The van der Waals surface area contributed by atoms with Crippen LogP contribution in [0.2, 0.25) is 0 Å². The Hall–Kier alpha value is -2.30. The third-order valence-corrected chi connectivity index (χ3v) is 2.21. The highest BCUT2D eigenvalue weighted by molar-refractivity contribution is 6.08. The highest BCUT2D eigenvalue weighted by Crippen LogP contribution is 2.25. The molecule has 0 unspecified atom stereocenters. The molecule has 0 amide bonds. The van der Waals surface area contributed by atoms with Crippen molar-refractivity contribution < 1.29 is 24.2 Å². The SMILES string of the molecule is CCOc1ccc(C(=O)/C=C/C(=O)O)c(OCC)c1. The number of hydrogen-bond donors (Lipinski definition) is 1. The third kappa shape index (κ3) is 4.46. The van der Waals surface area contributed by atoms with E-state index >= 15 is 0 Å². The first kappa shape index (κ1) is 14.8. The molecule has 0 aromatic heterocycles. The second-order valence-corrected chi connectivity index (χ2v) is 3.56. The fourth-order valence-electron chi connectivity index (χ4n) is 1.47. The van der Waals surface area contributed by atoms with Gasteiger partial charge >= 0.3 is 5.97 Å². The summed E-state index contributed by atoms with van der Waals surface area (Å²) in [6, 6.07) is 4.83. The molecule has 19 heavy (non-hydrogen) atoms. The molecule has 0 heterocycles. The molecular formula is C14H16O5. The van der Waals surface area contributed by atoms with Crippen LogP contribution >= 0.6 is 0 Å². The second-order valence-electron chi connectivity index (χ2n) is 3.56. The predicted molar refractivity (Wildman–Crippen MR) is 69.9 cm³/mol. The van der Waals surface area contributed by atoms with Crippen LogP contribution in [0.3, 0.4) is 0 Å². The van der Waals surface area contributed by atoms with Crippen molar-refractivity contribution in [1.29, 1.82) is 0 Å². The molecule has 0 aliphatic rings. The molecule has 1 aromatic rings. The standard InChI is InChI=1S/C14H16O5/c1-3-18-10-5-6-11(13(9-10)19-4-2)12(15)7-8-14(16)17/h5-9H,3-4H2,1-2H3,(H,16,17)/b8-7+. The lowest BCUT2D eigenvalue weighted by atomic mass is 10.1. The number of hydrogen-bond acceptors (Lipinski definition) is 4. The van der Waals surface area contributed by atoms with E-state index in [1.165, 1.54) is 0 Å². The lowest BCUT2D eigenvalue weighted by molar-refractivity contribution is -0.131. The van der Waals surface area contributed by atoms with Gasteiger partial charge in [-0.2, -0.15) is 0 Å². The Balaban J connectivity index is 3.04. The van der Waals surface area contributed by atoms with E-state index in [2.05, 4.69) is 0 Å². The van der Waals surface area contributed by atoms with Crippen molar-refractivity contribution in [2.45, 2.75) is 13.8 Å². The number of ketones is 1. The molecule has 0 aliphatic carbocycles. The van der Waals surface area contributed by atoms with Gasteiger partial charge in [0.15, 0.2) is 5.78 Å². The van der Waals surface area contributed by atoms with E-state index in [1.54, 1.807) is 25.1 Å². The summed E-state index contributed by atoms with van der Waals surface area (Å²) in [5.74, 6) is -0.607. The average Bonchev–Trinajstić information content (AvgIpc) is 2.37. The lowest BCUT2D eigenvalue weighted by Gasteiger charge is -2.10. The third-order valence-electron chi connectivity index (χ3n) is 2.21. The molecule has 0 bridgehead atoms. The quantitative estimate of drug-likeness (QED) is 0.604. The minimum atomic E-state index is -1.17. The minimum absolute atomic E-state index is 0.308. The molecule has 5 nitrogen and oxygen atoms in total. The fourth-order valence-corrected chi connectivity index (χ4v) is 1.47. The van der Waals surface area contributed by atoms with Crippen molar-refractivity contribution in [2.75, 3.05) is 13.2 Å². The highest BCUT2D eigenvalue weighted by atomic mass is 16.5. The normalized spacial score (nSPS) is 10.4. The van der Waals surface area contributed by atoms with Crippen molar-refractivity contribution in [1.82, 2.24) is 0 Å². The summed E-state index contributed by atoms with van der Waals surface area (Å²) in [4.78, 5) is 22.2. The van der Waals surface area contributed by atoms with E-state index in [0.29, 0.717) is 30.3 Å². The Morgan fingerprint density at radius 1 is 1.16 bits per heavy atom. The first-order chi connectivity index (χ1) is 9.08. The van der Waals surface area contributed by atoms with Gasteiger partial charge in [0.05, 0.1) is 18.8 Å². The Morgan fingerprint density at radius 3 is 2.42 bits per heavy atom. The molecular weight excluding hydrogens is 248 g/mol. The van der Waals surface area contributed by atoms with Crippen LogP contribution in [0, 0.1) is 0 Å². The molecule has 102 valence electrons. The largest absolute Gasteiger partial charge is 0.494 e. The first-order valence-electron chi connectivity index (χ1n) is 5.93. The molecule has 0 fully saturated rings. The zero-order valence-electron chi connectivity index (χ0n) is 10.9. The van der Waals surface area contributed by atoms with E-state index in [1.807, 2.05) is 6.92 Å². The van der Waals surface area contributed by atoms with Crippen molar-refractivity contribution in [3.8, 4) is 11.5 Å². The van der Waals surface area contributed by atoms with Crippen LogP contribution in [-0.4, -0.2) is 30.1 Å². The van der Waals surface area contributed by atoms with Gasteiger partial charge in [-0.15, -0.1) is 0 Å². The Bertz CT molecular complexity index is 491. The Kier molecular flexibility index (Phi) is 5.60. The summed E-state index contributed by atoms with van der Waals surface area (Å²) in [6.07, 6.45) is 1.80. The van der Waals surface area contributed by atoms with Crippen LogP contribution < -0.4 is 9.47 Å². The van der Waals surface area contributed by atoms with Gasteiger partial charge in [0.2, 0.25) is 0 Å². The van der Waals surface area contributed by atoms with Crippen molar-refractivity contribution in [3.05, 3.63) is 35.9 Å². The molecule has 1 N–H and O–H groups in total. The van der Waals surface area contributed by atoms with E-state index in [4.69, 9.17) is 14.6 Å². The fraction of sp³-hybridized carbons (Fsp3) is 0.286. The topological polar surface area (TPSA) is 72.8 Å². The summed E-state index contributed by atoms with van der Waals surface area (Å²) in [6.45, 7) is 4.57. The van der Waals surface area contributed by atoms with Gasteiger partial charge in [-0.25, -0.2) is 4.79 Å². The number of aliphatic carboxylic acids is 1. The van der Waals surface area contributed by atoms with Crippen LogP contribution in [0.5, 0.6) is 11.5 Å². The Labute approximate surface area is 111 Å². The first-order valence-corrected chi connectivity index (χ1v) is 5.93. The highest BCUT2D eigenvalue weighted by Gasteiger charge is 2.11. The monoisotopic (exact) mass is 264 g/mol. The van der Waals surface area contributed by atoms with E-state index in [0.717, 1.165) is 12.2 Å². The number of carbonyl (C=O) groups excluding carboxylic acids is 1. The zero-order valence-corrected chi connectivity index (χ0v) is 10.9. The average molecular weight is 264 g/mol. The van der Waals surface area contributed by atoms with Crippen LogP contribution in [-0.2, 0) is 4.79 Å². The van der Waals surface area contributed by atoms with E-state index < -0.39 is 11.8 Å². The number of carbonyl (C=O) groups is 2. The number of rotatable bonds is 7. The van der Waals surface area contributed by atoms with Crippen LogP contribution in [0.4, 0.5) is 0 Å². The van der Waals surface area contributed by atoms with Crippen LogP contribution in [0.1, 0.15) is 24.2 Å². The van der Waals surface area contributed by atoms with Gasteiger partial charge in [-0.1, -0.05) is 0 Å². The van der Waals surface area contributed by atoms with Crippen LogP contribution in [0.15, 0.2) is 30.4 Å². The summed E-state index contributed by atoms with van der Waals surface area (Å²) in [5.41, 5.74) is 0.308. The summed E-state index contributed by atoms with van der Waals surface area (Å²) in [7, 11) is 0. The molecule has 0 radical (unpaired) electrons. The maximum Gasteiger partial charge on any atom is 0.328 e. The van der Waals surface area contributed by atoms with Gasteiger partial charge < -0.3 is 14.6 Å². The molecule has 0 aliphatic heterocycles. The zero-order chi connectivity index (χ0) is 14.3. The minimum Gasteiger partial charge on any atom is -0.494 e. The number of ether oxygens (including phenoxy) is 2. The van der Waals surface area contributed by atoms with Gasteiger partial charge in [0.25, 0.3) is 0 Å². The molecule has 0 spiro atoms.